The van der Waals surface area contributed by atoms with Crippen LogP contribution in [-0.4, -0.2) is 63.2 Å². The van der Waals surface area contributed by atoms with Crippen LogP contribution in [0.1, 0.15) is 53.1 Å². The molecular formula is C25H28N6O2. The normalized spacial score (nSPS) is 18.2. The molecule has 0 bridgehead atoms. The van der Waals surface area contributed by atoms with E-state index in [2.05, 4.69) is 10.3 Å². The third-order valence-corrected chi connectivity index (χ3v) is 6.70. The number of aromatic nitrogens is 3. The van der Waals surface area contributed by atoms with Gasteiger partial charge in [-0.2, -0.15) is 0 Å². The number of rotatable bonds is 3. The van der Waals surface area contributed by atoms with Crippen LogP contribution in [0.15, 0.2) is 36.5 Å². The van der Waals surface area contributed by atoms with Gasteiger partial charge < -0.3 is 15.1 Å². The Morgan fingerprint density at radius 3 is 2.76 bits per heavy atom. The summed E-state index contributed by atoms with van der Waals surface area (Å²) in [7, 11) is 1.87. The first kappa shape index (κ1) is 21.3. The van der Waals surface area contributed by atoms with Gasteiger partial charge in [-0.1, -0.05) is 18.2 Å². The average Bonchev–Trinajstić information content (AvgIpc) is 2.86. The van der Waals surface area contributed by atoms with Gasteiger partial charge in [-0.25, -0.2) is 9.97 Å². The van der Waals surface area contributed by atoms with Gasteiger partial charge in [0.15, 0.2) is 0 Å². The van der Waals surface area contributed by atoms with E-state index < -0.39 is 0 Å². The van der Waals surface area contributed by atoms with E-state index in [0.717, 1.165) is 53.2 Å². The molecule has 170 valence electrons. The number of likely N-dealkylation sites (tertiary alicyclic amines) is 1. The molecular weight excluding hydrogens is 416 g/mol. The largest absolute Gasteiger partial charge is 0.373 e. The van der Waals surface area contributed by atoms with Crippen molar-refractivity contribution in [3.8, 4) is 0 Å². The second-order valence-electron chi connectivity index (χ2n) is 8.77. The number of para-hydroxylation sites is 1. The predicted molar refractivity (Wildman–Crippen MR) is 126 cm³/mol. The number of carbonyl (C=O) groups is 2. The number of anilines is 1. The molecule has 1 saturated heterocycles. The highest BCUT2D eigenvalue weighted by molar-refractivity contribution is 6.05. The van der Waals surface area contributed by atoms with Crippen LogP contribution in [0.2, 0.25) is 0 Å². The predicted octanol–water partition coefficient (Wildman–Crippen LogP) is 2.99. The van der Waals surface area contributed by atoms with Crippen LogP contribution in [0.3, 0.4) is 0 Å². The molecule has 2 amide bonds. The Morgan fingerprint density at radius 1 is 1.09 bits per heavy atom. The fourth-order valence-electron chi connectivity index (χ4n) is 4.93. The molecule has 1 aromatic carbocycles. The summed E-state index contributed by atoms with van der Waals surface area (Å²) in [6.45, 7) is 4.08. The Kier molecular flexibility index (Phi) is 5.66. The number of nitrogens with one attached hydrogen (secondary N) is 1. The number of benzene rings is 1. The van der Waals surface area contributed by atoms with Gasteiger partial charge in [0.05, 0.1) is 23.3 Å². The molecule has 0 aliphatic carbocycles. The van der Waals surface area contributed by atoms with Gasteiger partial charge in [0.1, 0.15) is 11.6 Å². The van der Waals surface area contributed by atoms with E-state index in [1.807, 2.05) is 47.2 Å². The highest BCUT2D eigenvalue weighted by Gasteiger charge is 2.30. The van der Waals surface area contributed by atoms with Crippen molar-refractivity contribution in [2.45, 2.75) is 38.6 Å². The smallest absolute Gasteiger partial charge is 0.256 e. The Morgan fingerprint density at radius 2 is 1.94 bits per heavy atom. The van der Waals surface area contributed by atoms with Gasteiger partial charge in [-0.3, -0.25) is 14.6 Å². The molecule has 1 atom stereocenters. The Hall–Kier alpha value is -3.55. The average molecular weight is 445 g/mol. The van der Waals surface area contributed by atoms with E-state index in [1.54, 1.807) is 13.1 Å². The summed E-state index contributed by atoms with van der Waals surface area (Å²) in [6.07, 6.45) is 4.31. The molecule has 2 aliphatic rings. The van der Waals surface area contributed by atoms with E-state index >= 15 is 0 Å². The zero-order chi connectivity index (χ0) is 22.9. The number of carbonyl (C=O) groups excluding carboxylic acids is 2. The number of pyridine rings is 1. The molecule has 0 spiro atoms. The standard InChI is InChI=1S/C25H28N6O2/c1-16(32)30-12-5-8-18(14-30)23-28-21-15-31(13-10-19(21)24(26-2)29-23)25(33)20-9-3-6-17-7-4-11-27-22(17)20/h3-4,6-7,9,11,18H,5,8,10,12-15H2,1-2H3,(H,26,28,29). The maximum atomic E-state index is 13.5. The van der Waals surface area contributed by atoms with Gasteiger partial charge in [-0.05, 0) is 31.4 Å². The molecule has 1 N–H and O–H groups in total. The molecule has 3 aromatic rings. The summed E-state index contributed by atoms with van der Waals surface area (Å²) in [5, 5.41) is 4.18. The molecule has 5 rings (SSSR count). The maximum Gasteiger partial charge on any atom is 0.256 e. The molecule has 1 unspecified atom stereocenters. The van der Waals surface area contributed by atoms with Gasteiger partial charge >= 0.3 is 0 Å². The van der Waals surface area contributed by atoms with Crippen LogP contribution in [0.4, 0.5) is 5.82 Å². The lowest BCUT2D eigenvalue weighted by Gasteiger charge is -2.33. The van der Waals surface area contributed by atoms with Crippen molar-refractivity contribution in [3.05, 3.63) is 59.2 Å². The van der Waals surface area contributed by atoms with Crippen LogP contribution in [0, 0.1) is 0 Å². The quantitative estimate of drug-likeness (QED) is 0.668. The van der Waals surface area contributed by atoms with Crippen LogP contribution in [-0.2, 0) is 17.8 Å². The van der Waals surface area contributed by atoms with Crippen molar-refractivity contribution < 1.29 is 9.59 Å². The highest BCUT2D eigenvalue weighted by Crippen LogP contribution is 2.30. The SMILES string of the molecule is CNc1nc(C2CCCN(C(C)=O)C2)nc2c1CCN(C(=O)c1cccc3cccnc13)C2. The molecule has 1 fully saturated rings. The van der Waals surface area contributed by atoms with Gasteiger partial charge in [0, 0.05) is 56.7 Å². The maximum absolute atomic E-state index is 13.5. The first-order chi connectivity index (χ1) is 16.0. The van der Waals surface area contributed by atoms with Crippen LogP contribution < -0.4 is 5.32 Å². The first-order valence-corrected chi connectivity index (χ1v) is 11.5. The van der Waals surface area contributed by atoms with E-state index in [4.69, 9.17) is 9.97 Å². The topological polar surface area (TPSA) is 91.3 Å². The van der Waals surface area contributed by atoms with Crippen molar-refractivity contribution >= 4 is 28.5 Å². The summed E-state index contributed by atoms with van der Waals surface area (Å²) in [5.41, 5.74) is 3.29. The number of hydrogen-bond donors (Lipinski definition) is 1. The number of hydrogen-bond acceptors (Lipinski definition) is 6. The van der Waals surface area contributed by atoms with E-state index in [9.17, 15) is 9.59 Å². The molecule has 0 radical (unpaired) electrons. The van der Waals surface area contributed by atoms with Gasteiger partial charge in [0.2, 0.25) is 5.91 Å². The molecule has 8 nitrogen and oxygen atoms in total. The van der Waals surface area contributed by atoms with Crippen LogP contribution in [0.5, 0.6) is 0 Å². The summed E-state index contributed by atoms with van der Waals surface area (Å²) in [6, 6.07) is 9.56. The number of nitrogens with zero attached hydrogens (tertiary/aromatic N) is 5. The zero-order valence-corrected chi connectivity index (χ0v) is 19.0. The lowest BCUT2D eigenvalue weighted by atomic mass is 9.96. The fourth-order valence-corrected chi connectivity index (χ4v) is 4.93. The van der Waals surface area contributed by atoms with Crippen molar-refractivity contribution in [3.63, 3.8) is 0 Å². The second kappa shape index (κ2) is 8.77. The molecule has 0 saturated carbocycles. The summed E-state index contributed by atoms with van der Waals surface area (Å²) >= 11 is 0. The minimum atomic E-state index is -0.0310. The monoisotopic (exact) mass is 444 g/mol. The first-order valence-electron chi connectivity index (χ1n) is 11.5. The lowest BCUT2D eigenvalue weighted by Crippen LogP contribution is -2.39. The molecule has 33 heavy (non-hydrogen) atoms. The third kappa shape index (κ3) is 4.01. The number of piperidine rings is 1. The van der Waals surface area contributed by atoms with Gasteiger partial charge in [0.25, 0.3) is 5.91 Å². The third-order valence-electron chi connectivity index (χ3n) is 6.70. The summed E-state index contributed by atoms with van der Waals surface area (Å²) in [5.74, 6) is 1.75. The minimum absolute atomic E-state index is 0.0310. The molecule has 2 aromatic heterocycles. The minimum Gasteiger partial charge on any atom is -0.373 e. The number of fused-ring (bicyclic) bond motifs is 2. The molecule has 4 heterocycles. The molecule has 2 aliphatic heterocycles. The van der Waals surface area contributed by atoms with E-state index in [1.165, 1.54) is 0 Å². The van der Waals surface area contributed by atoms with Crippen LogP contribution >= 0.6 is 0 Å². The zero-order valence-electron chi connectivity index (χ0n) is 19.0. The Balaban J connectivity index is 1.45. The van der Waals surface area contributed by atoms with Gasteiger partial charge in [-0.15, -0.1) is 0 Å². The fraction of sp³-hybridized carbons (Fsp3) is 0.400. The van der Waals surface area contributed by atoms with E-state index in [0.29, 0.717) is 31.6 Å². The summed E-state index contributed by atoms with van der Waals surface area (Å²) in [4.78, 5) is 43.3. The van der Waals surface area contributed by atoms with Crippen molar-refractivity contribution in [1.29, 1.82) is 0 Å². The van der Waals surface area contributed by atoms with Crippen molar-refractivity contribution in [2.24, 2.45) is 0 Å². The Labute approximate surface area is 193 Å². The molecule has 8 heteroatoms. The Bertz CT molecular complexity index is 1220. The van der Waals surface area contributed by atoms with E-state index in [-0.39, 0.29) is 17.7 Å². The lowest BCUT2D eigenvalue weighted by molar-refractivity contribution is -0.130. The van der Waals surface area contributed by atoms with Crippen LogP contribution in [0.25, 0.3) is 10.9 Å². The number of amides is 2. The summed E-state index contributed by atoms with van der Waals surface area (Å²) < 4.78 is 0. The van der Waals surface area contributed by atoms with Crippen molar-refractivity contribution in [2.75, 3.05) is 32.0 Å². The highest BCUT2D eigenvalue weighted by atomic mass is 16.2. The second-order valence-corrected chi connectivity index (χ2v) is 8.77. The van der Waals surface area contributed by atoms with Crippen molar-refractivity contribution in [1.82, 2.24) is 24.8 Å².